The second kappa shape index (κ2) is 6.66. The number of aromatic nitrogens is 2. The van der Waals surface area contributed by atoms with Crippen molar-refractivity contribution >= 4 is 22.7 Å². The standard InChI is InChI=1S/C17H20N4O3/c1-4-21(10-11-5-7-12(22-2)8-6-11)14-9-13(23-3)15-16(18)20-24-17(15)19-14/h5-9H,4,10H2,1-3H3,(H2,18,20). The molecule has 0 amide bonds. The summed E-state index contributed by atoms with van der Waals surface area (Å²) in [4.78, 5) is 6.63. The maximum atomic E-state index is 5.81. The van der Waals surface area contributed by atoms with Gasteiger partial charge in [0.15, 0.2) is 5.82 Å². The van der Waals surface area contributed by atoms with Crippen molar-refractivity contribution in [1.29, 1.82) is 0 Å². The first-order chi connectivity index (χ1) is 11.7. The van der Waals surface area contributed by atoms with Gasteiger partial charge in [-0.05, 0) is 24.6 Å². The van der Waals surface area contributed by atoms with Gasteiger partial charge in [-0.1, -0.05) is 17.3 Å². The average Bonchev–Trinajstić information content (AvgIpc) is 3.00. The van der Waals surface area contributed by atoms with Crippen molar-refractivity contribution in [3.05, 3.63) is 35.9 Å². The van der Waals surface area contributed by atoms with Crippen molar-refractivity contribution in [3.8, 4) is 11.5 Å². The van der Waals surface area contributed by atoms with Crippen molar-refractivity contribution in [1.82, 2.24) is 10.1 Å². The zero-order valence-corrected chi connectivity index (χ0v) is 13.9. The number of anilines is 2. The Labute approximate surface area is 140 Å². The molecule has 0 fully saturated rings. The zero-order valence-electron chi connectivity index (χ0n) is 13.9. The number of nitrogen functional groups attached to an aromatic ring is 1. The fraction of sp³-hybridized carbons (Fsp3) is 0.294. The number of fused-ring (bicyclic) bond motifs is 1. The van der Waals surface area contributed by atoms with Crippen molar-refractivity contribution < 1.29 is 14.0 Å². The fourth-order valence-corrected chi connectivity index (χ4v) is 2.56. The van der Waals surface area contributed by atoms with Crippen LogP contribution in [0, 0.1) is 0 Å². The number of rotatable bonds is 6. The first-order valence-electron chi connectivity index (χ1n) is 7.64. The summed E-state index contributed by atoms with van der Waals surface area (Å²) in [5.41, 5.74) is 7.33. The van der Waals surface area contributed by atoms with E-state index in [2.05, 4.69) is 22.0 Å². The van der Waals surface area contributed by atoms with E-state index in [0.29, 0.717) is 23.4 Å². The Balaban J connectivity index is 1.93. The summed E-state index contributed by atoms with van der Waals surface area (Å²) in [6.07, 6.45) is 0. The molecule has 7 heteroatoms. The van der Waals surface area contributed by atoms with E-state index >= 15 is 0 Å². The average molecular weight is 328 g/mol. The molecule has 0 saturated heterocycles. The predicted molar refractivity (Wildman–Crippen MR) is 92.5 cm³/mol. The molecule has 0 atom stereocenters. The molecule has 0 spiro atoms. The van der Waals surface area contributed by atoms with Gasteiger partial charge in [0.1, 0.15) is 22.7 Å². The number of hydrogen-bond acceptors (Lipinski definition) is 7. The number of methoxy groups -OCH3 is 2. The molecule has 0 unspecified atom stereocenters. The first kappa shape index (κ1) is 15.9. The highest BCUT2D eigenvalue weighted by Crippen LogP contribution is 2.33. The lowest BCUT2D eigenvalue weighted by Gasteiger charge is -2.22. The van der Waals surface area contributed by atoms with E-state index in [0.717, 1.165) is 23.7 Å². The third-order valence-corrected chi connectivity index (χ3v) is 3.88. The minimum atomic E-state index is 0.277. The van der Waals surface area contributed by atoms with Crippen molar-refractivity contribution in [2.24, 2.45) is 0 Å². The lowest BCUT2D eigenvalue weighted by molar-refractivity contribution is 0.414. The molecule has 1 aromatic carbocycles. The lowest BCUT2D eigenvalue weighted by atomic mass is 10.2. The van der Waals surface area contributed by atoms with Gasteiger partial charge in [-0.3, -0.25) is 0 Å². The van der Waals surface area contributed by atoms with Gasteiger partial charge in [-0.25, -0.2) is 0 Å². The Morgan fingerprint density at radius 2 is 1.92 bits per heavy atom. The van der Waals surface area contributed by atoms with Crippen LogP contribution >= 0.6 is 0 Å². The number of nitrogens with zero attached hydrogens (tertiary/aromatic N) is 3. The topological polar surface area (TPSA) is 86.6 Å². The summed E-state index contributed by atoms with van der Waals surface area (Å²) in [7, 11) is 3.24. The molecule has 2 heterocycles. The number of benzene rings is 1. The highest BCUT2D eigenvalue weighted by Gasteiger charge is 2.17. The minimum absolute atomic E-state index is 0.277. The number of ether oxygens (including phenoxy) is 2. The lowest BCUT2D eigenvalue weighted by Crippen LogP contribution is -2.23. The van der Waals surface area contributed by atoms with E-state index in [1.54, 1.807) is 14.2 Å². The number of nitrogens with two attached hydrogens (primary N) is 1. The molecule has 0 aliphatic heterocycles. The molecular formula is C17H20N4O3. The maximum Gasteiger partial charge on any atom is 0.265 e. The van der Waals surface area contributed by atoms with Gasteiger partial charge >= 0.3 is 0 Å². The van der Waals surface area contributed by atoms with Crippen LogP contribution in [0.25, 0.3) is 11.1 Å². The molecule has 126 valence electrons. The summed E-state index contributed by atoms with van der Waals surface area (Å²) in [6, 6.07) is 9.80. The van der Waals surface area contributed by atoms with Gasteiger partial charge in [0, 0.05) is 19.2 Å². The van der Waals surface area contributed by atoms with Crippen LogP contribution in [0.4, 0.5) is 11.6 Å². The number of hydrogen-bond donors (Lipinski definition) is 1. The molecule has 7 nitrogen and oxygen atoms in total. The molecule has 0 aliphatic carbocycles. The fourth-order valence-electron chi connectivity index (χ4n) is 2.56. The van der Waals surface area contributed by atoms with Crippen LogP contribution in [0.2, 0.25) is 0 Å². The first-order valence-corrected chi connectivity index (χ1v) is 7.64. The molecule has 24 heavy (non-hydrogen) atoms. The molecule has 3 aromatic rings. The van der Waals surface area contributed by atoms with Crippen LogP contribution in [-0.2, 0) is 6.54 Å². The van der Waals surface area contributed by atoms with Crippen LogP contribution < -0.4 is 20.1 Å². The van der Waals surface area contributed by atoms with Gasteiger partial charge in [0.25, 0.3) is 5.71 Å². The Morgan fingerprint density at radius 1 is 1.17 bits per heavy atom. The van der Waals surface area contributed by atoms with Gasteiger partial charge in [-0.2, -0.15) is 4.98 Å². The normalized spacial score (nSPS) is 10.8. The molecule has 2 aromatic heterocycles. The van der Waals surface area contributed by atoms with Crippen LogP contribution in [0.1, 0.15) is 12.5 Å². The molecule has 0 aliphatic rings. The van der Waals surface area contributed by atoms with Gasteiger partial charge < -0.3 is 24.6 Å². The summed E-state index contributed by atoms with van der Waals surface area (Å²) < 4.78 is 15.8. The highest BCUT2D eigenvalue weighted by molar-refractivity contribution is 5.91. The SMILES string of the molecule is CCN(Cc1ccc(OC)cc1)c1cc(OC)c2c(N)noc2n1. The maximum absolute atomic E-state index is 5.81. The van der Waals surface area contributed by atoms with Gasteiger partial charge in [0.05, 0.1) is 14.2 Å². The smallest absolute Gasteiger partial charge is 0.265 e. The highest BCUT2D eigenvalue weighted by atomic mass is 16.5. The molecule has 3 rings (SSSR count). The van der Waals surface area contributed by atoms with Gasteiger partial charge in [-0.15, -0.1) is 0 Å². The van der Waals surface area contributed by atoms with Crippen molar-refractivity contribution in [3.63, 3.8) is 0 Å². The largest absolute Gasteiger partial charge is 0.497 e. The Kier molecular flexibility index (Phi) is 4.41. The van der Waals surface area contributed by atoms with E-state index in [1.165, 1.54) is 0 Å². The van der Waals surface area contributed by atoms with E-state index in [1.807, 2.05) is 30.3 Å². The molecular weight excluding hydrogens is 308 g/mol. The van der Waals surface area contributed by atoms with Crippen LogP contribution in [-0.4, -0.2) is 30.9 Å². The van der Waals surface area contributed by atoms with Crippen molar-refractivity contribution in [2.45, 2.75) is 13.5 Å². The molecule has 0 saturated carbocycles. The van der Waals surface area contributed by atoms with Crippen molar-refractivity contribution in [2.75, 3.05) is 31.4 Å². The Morgan fingerprint density at radius 3 is 2.54 bits per heavy atom. The van der Waals surface area contributed by atoms with E-state index in [4.69, 9.17) is 19.7 Å². The molecule has 0 radical (unpaired) electrons. The number of pyridine rings is 1. The summed E-state index contributed by atoms with van der Waals surface area (Å²) in [6.45, 7) is 3.54. The molecule has 2 N–H and O–H groups in total. The van der Waals surface area contributed by atoms with E-state index < -0.39 is 0 Å². The molecule has 0 bridgehead atoms. The quantitative estimate of drug-likeness (QED) is 0.744. The predicted octanol–water partition coefficient (Wildman–Crippen LogP) is 2.85. The summed E-state index contributed by atoms with van der Waals surface area (Å²) >= 11 is 0. The van der Waals surface area contributed by atoms with Gasteiger partial charge in [0.2, 0.25) is 0 Å². The summed E-state index contributed by atoms with van der Waals surface area (Å²) in [5.74, 6) is 2.45. The Hall–Kier alpha value is -2.96. The second-order valence-corrected chi connectivity index (χ2v) is 5.29. The van der Waals surface area contributed by atoms with Crippen LogP contribution in [0.5, 0.6) is 11.5 Å². The second-order valence-electron chi connectivity index (χ2n) is 5.29. The monoisotopic (exact) mass is 328 g/mol. The van der Waals surface area contributed by atoms with Crippen LogP contribution in [0.3, 0.4) is 0 Å². The van der Waals surface area contributed by atoms with E-state index in [9.17, 15) is 0 Å². The third kappa shape index (κ3) is 2.92. The zero-order chi connectivity index (χ0) is 17.1. The van der Waals surface area contributed by atoms with Crippen LogP contribution in [0.15, 0.2) is 34.9 Å². The van der Waals surface area contributed by atoms with E-state index in [-0.39, 0.29) is 5.82 Å². The minimum Gasteiger partial charge on any atom is -0.497 e. The third-order valence-electron chi connectivity index (χ3n) is 3.88. The summed E-state index contributed by atoms with van der Waals surface area (Å²) in [5, 5.41) is 4.36. The Bertz CT molecular complexity index is 830.